The Balaban J connectivity index is 1.17. The summed E-state index contributed by atoms with van der Waals surface area (Å²) in [4.78, 5) is 2.42. The van der Waals surface area contributed by atoms with Crippen LogP contribution in [0.15, 0.2) is 168 Å². The Morgan fingerprint density at radius 1 is 0.449 bits per heavy atom. The van der Waals surface area contributed by atoms with Crippen LogP contribution in [0.5, 0.6) is 0 Å². The zero-order valence-corrected chi connectivity index (χ0v) is 27.4. The maximum atomic E-state index is 6.51. The number of furan rings is 1. The van der Waals surface area contributed by atoms with Crippen molar-refractivity contribution in [2.75, 3.05) is 4.90 Å². The molecule has 0 fully saturated rings. The lowest BCUT2D eigenvalue weighted by molar-refractivity contribution is 0.660. The van der Waals surface area contributed by atoms with Gasteiger partial charge in [-0.05, 0) is 92.7 Å². The molecule has 0 N–H and O–H groups in total. The Bertz CT molecular complexity index is 2750. The molecule has 1 aromatic heterocycles. The van der Waals surface area contributed by atoms with Crippen LogP contribution in [-0.4, -0.2) is 0 Å². The quantitative estimate of drug-likeness (QED) is 0.193. The molecule has 2 nitrogen and oxygen atoms in total. The molecule has 0 saturated carbocycles. The lowest BCUT2D eigenvalue weighted by atomic mass is 9.82. The predicted octanol–water partition coefficient (Wildman–Crippen LogP) is 13.3. The summed E-state index contributed by atoms with van der Waals surface area (Å²) in [6, 6.07) is 59.5. The summed E-state index contributed by atoms with van der Waals surface area (Å²) in [6.07, 6.45) is 0. The summed E-state index contributed by atoms with van der Waals surface area (Å²) in [5.41, 5.74) is 12.9. The van der Waals surface area contributed by atoms with Crippen LogP contribution in [0, 0.1) is 0 Å². The number of hydrogen-bond donors (Lipinski definition) is 0. The highest BCUT2D eigenvalue weighted by Gasteiger charge is 2.35. The molecule has 8 aromatic carbocycles. The van der Waals surface area contributed by atoms with Crippen molar-refractivity contribution in [3.8, 4) is 22.3 Å². The van der Waals surface area contributed by atoms with E-state index in [9.17, 15) is 0 Å². The Hall–Kier alpha value is -6.12. The third-order valence-corrected chi connectivity index (χ3v) is 10.7. The first-order valence-corrected chi connectivity index (χ1v) is 17.0. The van der Waals surface area contributed by atoms with Crippen LogP contribution in [0.1, 0.15) is 25.0 Å². The van der Waals surface area contributed by atoms with Crippen LogP contribution in [0.2, 0.25) is 0 Å². The zero-order valence-electron chi connectivity index (χ0n) is 27.4. The van der Waals surface area contributed by atoms with Crippen LogP contribution >= 0.6 is 0 Å². The lowest BCUT2D eigenvalue weighted by Gasteiger charge is -2.29. The summed E-state index contributed by atoms with van der Waals surface area (Å²) in [5.74, 6) is 0. The van der Waals surface area contributed by atoms with Crippen LogP contribution in [-0.2, 0) is 5.41 Å². The van der Waals surface area contributed by atoms with E-state index in [1.54, 1.807) is 0 Å². The van der Waals surface area contributed by atoms with Gasteiger partial charge in [0, 0.05) is 38.3 Å². The summed E-state index contributed by atoms with van der Waals surface area (Å²) in [5, 5.41) is 7.05. The standard InChI is InChI=1S/C47H33NO/c1-47(2)42-15-7-5-12-36(42)37-25-24-35(29-43(37)47)48(34-22-20-31(21-23-34)33-19-18-30-10-3-4-11-32(30)28-33)44-16-9-14-40-38(44)26-27-41-39-13-6-8-17-45(39)49-46(40)41/h3-29H,1-2H3. The number of nitrogens with zero attached hydrogens (tertiary/aromatic N) is 1. The van der Waals surface area contributed by atoms with Crippen molar-refractivity contribution < 1.29 is 4.42 Å². The average molecular weight is 628 g/mol. The molecule has 0 atom stereocenters. The molecule has 0 unspecified atom stereocenters. The van der Waals surface area contributed by atoms with Crippen molar-refractivity contribution in [1.29, 1.82) is 0 Å². The van der Waals surface area contributed by atoms with Crippen molar-refractivity contribution in [3.63, 3.8) is 0 Å². The van der Waals surface area contributed by atoms with E-state index < -0.39 is 0 Å². The minimum absolute atomic E-state index is 0.104. The number of hydrogen-bond acceptors (Lipinski definition) is 2. The first-order valence-electron chi connectivity index (χ1n) is 17.0. The molecule has 9 aromatic rings. The van der Waals surface area contributed by atoms with Gasteiger partial charge in [-0.15, -0.1) is 0 Å². The van der Waals surface area contributed by atoms with Crippen molar-refractivity contribution >= 4 is 60.5 Å². The molecule has 0 spiro atoms. The second-order valence-corrected chi connectivity index (χ2v) is 13.8. The number of para-hydroxylation sites is 1. The van der Waals surface area contributed by atoms with Gasteiger partial charge in [0.25, 0.3) is 0 Å². The minimum atomic E-state index is -0.104. The molecule has 1 aliphatic carbocycles. The largest absolute Gasteiger partial charge is 0.455 e. The zero-order chi connectivity index (χ0) is 32.7. The van der Waals surface area contributed by atoms with Crippen molar-refractivity contribution in [1.82, 2.24) is 0 Å². The highest BCUT2D eigenvalue weighted by molar-refractivity contribution is 6.17. The predicted molar refractivity (Wildman–Crippen MR) is 206 cm³/mol. The highest BCUT2D eigenvalue weighted by Crippen LogP contribution is 2.51. The smallest absolute Gasteiger partial charge is 0.143 e. The highest BCUT2D eigenvalue weighted by atomic mass is 16.3. The molecule has 0 aliphatic heterocycles. The number of rotatable bonds is 4. The van der Waals surface area contributed by atoms with Crippen molar-refractivity contribution in [3.05, 3.63) is 175 Å². The summed E-state index contributed by atoms with van der Waals surface area (Å²) in [6.45, 7) is 4.70. The second-order valence-electron chi connectivity index (χ2n) is 13.8. The molecule has 0 saturated heterocycles. The van der Waals surface area contributed by atoms with E-state index >= 15 is 0 Å². The van der Waals surface area contributed by atoms with Gasteiger partial charge in [-0.2, -0.15) is 0 Å². The molecule has 49 heavy (non-hydrogen) atoms. The third-order valence-electron chi connectivity index (χ3n) is 10.7. The third kappa shape index (κ3) is 4.20. The van der Waals surface area contributed by atoms with Crippen LogP contribution in [0.4, 0.5) is 17.1 Å². The van der Waals surface area contributed by atoms with Crippen LogP contribution in [0.3, 0.4) is 0 Å². The van der Waals surface area contributed by atoms with Gasteiger partial charge in [-0.1, -0.05) is 129 Å². The SMILES string of the molecule is CC1(C)c2ccccc2-c2ccc(N(c3ccc(-c4ccc5ccccc5c4)cc3)c3cccc4c3ccc3c5ccccc5oc43)cc21. The van der Waals surface area contributed by atoms with Crippen LogP contribution < -0.4 is 4.90 Å². The molecule has 232 valence electrons. The van der Waals surface area contributed by atoms with E-state index in [2.05, 4.69) is 176 Å². The first-order chi connectivity index (χ1) is 24.0. The van der Waals surface area contributed by atoms with Crippen molar-refractivity contribution in [2.24, 2.45) is 0 Å². The topological polar surface area (TPSA) is 16.4 Å². The van der Waals surface area contributed by atoms with Gasteiger partial charge in [0.05, 0.1) is 5.69 Å². The normalized spacial score (nSPS) is 13.3. The summed E-state index contributed by atoms with van der Waals surface area (Å²) >= 11 is 0. The van der Waals surface area contributed by atoms with Gasteiger partial charge in [0.1, 0.15) is 11.2 Å². The van der Waals surface area contributed by atoms with Crippen molar-refractivity contribution in [2.45, 2.75) is 19.3 Å². The second kappa shape index (κ2) is 10.4. The van der Waals surface area contributed by atoms with Gasteiger partial charge in [0.15, 0.2) is 0 Å². The monoisotopic (exact) mass is 627 g/mol. The van der Waals surface area contributed by atoms with E-state index in [0.717, 1.165) is 49.8 Å². The van der Waals surface area contributed by atoms with Gasteiger partial charge in [-0.25, -0.2) is 0 Å². The fraction of sp³-hybridized carbons (Fsp3) is 0.0638. The first kappa shape index (κ1) is 27.9. The van der Waals surface area contributed by atoms with Crippen LogP contribution in [0.25, 0.3) is 65.7 Å². The summed E-state index contributed by atoms with van der Waals surface area (Å²) < 4.78 is 6.51. The molecule has 0 amide bonds. The number of anilines is 3. The molecule has 1 heterocycles. The van der Waals surface area contributed by atoms with E-state index in [-0.39, 0.29) is 5.41 Å². The van der Waals surface area contributed by atoms with E-state index in [4.69, 9.17) is 4.42 Å². The van der Waals surface area contributed by atoms with Gasteiger partial charge in [-0.3, -0.25) is 0 Å². The fourth-order valence-corrected chi connectivity index (χ4v) is 8.15. The Morgan fingerprint density at radius 2 is 1.12 bits per heavy atom. The lowest BCUT2D eigenvalue weighted by Crippen LogP contribution is -2.16. The molecule has 10 rings (SSSR count). The molecule has 0 radical (unpaired) electrons. The van der Waals surface area contributed by atoms with E-state index in [1.165, 1.54) is 44.2 Å². The summed E-state index contributed by atoms with van der Waals surface area (Å²) in [7, 11) is 0. The minimum Gasteiger partial charge on any atom is -0.455 e. The maximum Gasteiger partial charge on any atom is 0.143 e. The van der Waals surface area contributed by atoms with E-state index in [0.29, 0.717) is 0 Å². The molecule has 2 heteroatoms. The molecular formula is C47H33NO. The average Bonchev–Trinajstić information content (AvgIpc) is 3.64. The van der Waals surface area contributed by atoms with Gasteiger partial charge in [0.2, 0.25) is 0 Å². The number of benzene rings is 8. The molecular weight excluding hydrogens is 595 g/mol. The fourth-order valence-electron chi connectivity index (χ4n) is 8.15. The Morgan fingerprint density at radius 3 is 2.02 bits per heavy atom. The van der Waals surface area contributed by atoms with Gasteiger partial charge >= 0.3 is 0 Å². The maximum absolute atomic E-state index is 6.51. The van der Waals surface area contributed by atoms with Gasteiger partial charge < -0.3 is 9.32 Å². The molecule has 0 bridgehead atoms. The number of fused-ring (bicyclic) bond motifs is 9. The van der Waals surface area contributed by atoms with E-state index in [1.807, 2.05) is 6.07 Å². The Kier molecular flexibility index (Phi) is 5.95. The molecule has 1 aliphatic rings. The Labute approximate surface area is 285 Å².